The molecule has 1 aliphatic carbocycles. The maximum atomic E-state index is 4.99. The van der Waals surface area contributed by atoms with Crippen molar-refractivity contribution >= 4 is 11.4 Å². The Balaban J connectivity index is 0.000000164. The molecule has 3 nitrogen and oxygen atoms in total. The van der Waals surface area contributed by atoms with Crippen molar-refractivity contribution in [2.75, 3.05) is 31.8 Å². The van der Waals surface area contributed by atoms with Crippen molar-refractivity contribution in [3.05, 3.63) is 53.6 Å². The van der Waals surface area contributed by atoms with Gasteiger partial charge in [-0.2, -0.15) is 0 Å². The summed E-state index contributed by atoms with van der Waals surface area (Å²) in [6, 6.07) is 14.4. The Hall–Kier alpha value is -2.16. The Kier molecular flexibility index (Phi) is 6.13. The van der Waals surface area contributed by atoms with E-state index >= 15 is 0 Å². The quantitative estimate of drug-likeness (QED) is 0.884. The normalized spacial score (nSPS) is 12.5. The summed E-state index contributed by atoms with van der Waals surface area (Å²) in [4.78, 5) is 0. The van der Waals surface area contributed by atoms with Gasteiger partial charge in [-0.1, -0.05) is 12.1 Å². The Morgan fingerprint density at radius 1 is 0.864 bits per heavy atom. The van der Waals surface area contributed by atoms with Crippen LogP contribution in [0.1, 0.15) is 24.0 Å². The Morgan fingerprint density at radius 2 is 1.59 bits per heavy atom. The van der Waals surface area contributed by atoms with Crippen LogP contribution in [-0.4, -0.2) is 21.2 Å². The Labute approximate surface area is 133 Å². The van der Waals surface area contributed by atoms with E-state index in [-0.39, 0.29) is 0 Å². The molecule has 0 fully saturated rings. The topological polar surface area (TPSA) is 33.3 Å². The lowest BCUT2D eigenvalue weighted by atomic mass is 9.90. The van der Waals surface area contributed by atoms with E-state index in [9.17, 15) is 0 Å². The van der Waals surface area contributed by atoms with Gasteiger partial charge in [0.05, 0.1) is 7.11 Å². The molecule has 0 heterocycles. The number of hydrogen-bond acceptors (Lipinski definition) is 3. The van der Waals surface area contributed by atoms with Crippen molar-refractivity contribution in [1.82, 2.24) is 0 Å². The van der Waals surface area contributed by atoms with Crippen molar-refractivity contribution < 1.29 is 4.74 Å². The molecule has 118 valence electrons. The molecule has 2 N–H and O–H groups in total. The number of benzene rings is 2. The zero-order valence-electron chi connectivity index (χ0n) is 13.8. The minimum atomic E-state index is 0.888. The molecule has 3 heteroatoms. The van der Waals surface area contributed by atoms with Crippen LogP contribution in [0, 0.1) is 0 Å². The molecule has 0 radical (unpaired) electrons. The van der Waals surface area contributed by atoms with Gasteiger partial charge < -0.3 is 15.4 Å². The molecule has 0 saturated heterocycles. The van der Waals surface area contributed by atoms with E-state index < -0.39 is 0 Å². The van der Waals surface area contributed by atoms with Crippen molar-refractivity contribution in [2.24, 2.45) is 0 Å². The van der Waals surface area contributed by atoms with Gasteiger partial charge in [-0.25, -0.2) is 0 Å². The lowest BCUT2D eigenvalue weighted by Crippen LogP contribution is -2.05. The fourth-order valence-electron chi connectivity index (χ4n) is 2.77. The number of rotatable bonds is 3. The maximum Gasteiger partial charge on any atom is 0.119 e. The van der Waals surface area contributed by atoms with E-state index in [1.165, 1.54) is 31.4 Å². The van der Waals surface area contributed by atoms with Crippen LogP contribution in [0.2, 0.25) is 0 Å². The zero-order chi connectivity index (χ0) is 15.8. The molecule has 22 heavy (non-hydrogen) atoms. The second-order valence-corrected chi connectivity index (χ2v) is 5.38. The molecule has 2 aromatic carbocycles. The van der Waals surface area contributed by atoms with E-state index in [4.69, 9.17) is 4.74 Å². The first kappa shape index (κ1) is 16.2. The largest absolute Gasteiger partial charge is 0.497 e. The number of methoxy groups -OCH3 is 1. The van der Waals surface area contributed by atoms with Gasteiger partial charge >= 0.3 is 0 Å². The number of aryl methyl sites for hydroxylation is 1. The van der Waals surface area contributed by atoms with Crippen LogP contribution in [0.5, 0.6) is 5.75 Å². The van der Waals surface area contributed by atoms with Gasteiger partial charge in [0.25, 0.3) is 0 Å². The lowest BCUT2D eigenvalue weighted by molar-refractivity contribution is 0.415. The summed E-state index contributed by atoms with van der Waals surface area (Å²) in [6.45, 7) is 0. The summed E-state index contributed by atoms with van der Waals surface area (Å²) in [5.74, 6) is 0.888. The predicted octanol–water partition coefficient (Wildman–Crippen LogP) is 4.34. The second kappa shape index (κ2) is 8.32. The van der Waals surface area contributed by atoms with Gasteiger partial charge in [-0.3, -0.25) is 0 Å². The summed E-state index contributed by atoms with van der Waals surface area (Å²) in [7, 11) is 5.56. The number of hydrogen-bond donors (Lipinski definition) is 2. The van der Waals surface area contributed by atoms with Crippen LogP contribution >= 0.6 is 0 Å². The highest BCUT2D eigenvalue weighted by Gasteiger charge is 2.11. The number of fused-ring (bicyclic) bond motifs is 1. The monoisotopic (exact) mass is 298 g/mol. The molecule has 0 amide bonds. The first-order chi connectivity index (χ1) is 10.8. The molecular weight excluding hydrogens is 272 g/mol. The van der Waals surface area contributed by atoms with Gasteiger partial charge in [0, 0.05) is 25.5 Å². The summed E-state index contributed by atoms with van der Waals surface area (Å²) < 4.78 is 4.99. The average Bonchev–Trinajstić information content (AvgIpc) is 2.61. The standard InChI is InChI=1S/C11H15N.C8H11NO/c1-12-11-8-4-6-9-5-2-3-7-10(9)11;1-9-7-3-5-8(10-2)6-4-7/h4,6,8,12H,2-3,5,7H2,1H3;3-6,9H,1-2H3. The van der Waals surface area contributed by atoms with Gasteiger partial charge in [0.15, 0.2) is 0 Å². The predicted molar refractivity (Wildman–Crippen MR) is 95.2 cm³/mol. The van der Waals surface area contributed by atoms with E-state index in [2.05, 4.69) is 28.8 Å². The van der Waals surface area contributed by atoms with Crippen LogP contribution in [-0.2, 0) is 12.8 Å². The van der Waals surface area contributed by atoms with Crippen LogP contribution in [0.4, 0.5) is 11.4 Å². The first-order valence-electron chi connectivity index (χ1n) is 7.88. The maximum absolute atomic E-state index is 4.99. The van der Waals surface area contributed by atoms with Crippen molar-refractivity contribution in [3.63, 3.8) is 0 Å². The van der Waals surface area contributed by atoms with E-state index in [0.29, 0.717) is 0 Å². The third-order valence-electron chi connectivity index (χ3n) is 4.04. The van der Waals surface area contributed by atoms with E-state index in [1.54, 1.807) is 18.2 Å². The van der Waals surface area contributed by atoms with Gasteiger partial charge in [0.1, 0.15) is 5.75 Å². The fourth-order valence-corrected chi connectivity index (χ4v) is 2.77. The Bertz CT molecular complexity index is 541. The average molecular weight is 298 g/mol. The molecule has 0 saturated carbocycles. The highest BCUT2D eigenvalue weighted by molar-refractivity contribution is 5.55. The smallest absolute Gasteiger partial charge is 0.119 e. The van der Waals surface area contributed by atoms with Crippen molar-refractivity contribution in [3.8, 4) is 5.75 Å². The Morgan fingerprint density at radius 3 is 2.23 bits per heavy atom. The highest BCUT2D eigenvalue weighted by Crippen LogP contribution is 2.27. The number of ether oxygens (including phenoxy) is 1. The van der Waals surface area contributed by atoms with Gasteiger partial charge in [-0.05, 0) is 67.1 Å². The molecule has 0 aliphatic heterocycles. The van der Waals surface area contributed by atoms with E-state index in [1.807, 2.05) is 38.4 Å². The summed E-state index contributed by atoms with van der Waals surface area (Å²) in [5.41, 5.74) is 5.52. The zero-order valence-corrected chi connectivity index (χ0v) is 13.8. The van der Waals surface area contributed by atoms with Crippen molar-refractivity contribution in [1.29, 1.82) is 0 Å². The SMILES string of the molecule is CNc1ccc(OC)cc1.CNc1cccc2c1CCCC2. The van der Waals surface area contributed by atoms with Gasteiger partial charge in [-0.15, -0.1) is 0 Å². The minimum Gasteiger partial charge on any atom is -0.497 e. The summed E-state index contributed by atoms with van der Waals surface area (Å²) in [5, 5.41) is 6.28. The van der Waals surface area contributed by atoms with Crippen LogP contribution in [0.3, 0.4) is 0 Å². The van der Waals surface area contributed by atoms with Crippen LogP contribution < -0.4 is 15.4 Å². The molecule has 3 rings (SSSR count). The van der Waals surface area contributed by atoms with Crippen LogP contribution in [0.25, 0.3) is 0 Å². The van der Waals surface area contributed by atoms with Gasteiger partial charge in [0.2, 0.25) is 0 Å². The van der Waals surface area contributed by atoms with Crippen molar-refractivity contribution in [2.45, 2.75) is 25.7 Å². The molecule has 1 aliphatic rings. The molecule has 0 bridgehead atoms. The summed E-state index contributed by atoms with van der Waals surface area (Å²) >= 11 is 0. The highest BCUT2D eigenvalue weighted by atomic mass is 16.5. The molecule has 2 aromatic rings. The van der Waals surface area contributed by atoms with E-state index in [0.717, 1.165) is 11.4 Å². The molecule has 0 aromatic heterocycles. The molecule has 0 spiro atoms. The third-order valence-corrected chi connectivity index (χ3v) is 4.04. The lowest BCUT2D eigenvalue weighted by Gasteiger charge is -2.18. The molecule has 0 unspecified atom stereocenters. The minimum absolute atomic E-state index is 0.888. The summed E-state index contributed by atoms with van der Waals surface area (Å²) in [6.07, 6.45) is 5.24. The fraction of sp³-hybridized carbons (Fsp3) is 0.368. The third kappa shape index (κ3) is 4.17. The number of anilines is 2. The number of nitrogens with one attached hydrogen (secondary N) is 2. The molecule has 0 atom stereocenters. The van der Waals surface area contributed by atoms with Crippen LogP contribution in [0.15, 0.2) is 42.5 Å². The first-order valence-corrected chi connectivity index (χ1v) is 7.88. The second-order valence-electron chi connectivity index (χ2n) is 5.38. The molecular formula is C19H26N2O.